The largest absolute Gasteiger partial charge is 0.352 e. The molecule has 25 heavy (non-hydrogen) atoms. The monoisotopic (exact) mass is 352 g/mol. The molecule has 2 aromatic carbocycles. The lowest BCUT2D eigenvalue weighted by Crippen LogP contribution is -2.30. The topological polar surface area (TPSA) is 58.2 Å². The lowest BCUT2D eigenvalue weighted by Gasteiger charge is -2.07. The van der Waals surface area contributed by atoms with Gasteiger partial charge >= 0.3 is 0 Å². The Balaban J connectivity index is 1.46. The Morgan fingerprint density at radius 1 is 1.00 bits per heavy atom. The van der Waals surface area contributed by atoms with E-state index in [1.54, 1.807) is 17.4 Å². The molecule has 0 spiro atoms. The van der Waals surface area contributed by atoms with Crippen molar-refractivity contribution in [1.82, 2.24) is 10.6 Å². The molecule has 0 radical (unpaired) electrons. The van der Waals surface area contributed by atoms with Gasteiger partial charge in [0.2, 0.25) is 5.91 Å². The van der Waals surface area contributed by atoms with Crippen molar-refractivity contribution in [2.45, 2.75) is 19.9 Å². The van der Waals surface area contributed by atoms with E-state index in [1.807, 2.05) is 54.8 Å². The quantitative estimate of drug-likeness (QED) is 0.711. The number of rotatable bonds is 6. The second-order valence-electron chi connectivity index (χ2n) is 5.87. The van der Waals surface area contributed by atoms with E-state index >= 15 is 0 Å². The third-order valence-electron chi connectivity index (χ3n) is 4.06. The summed E-state index contributed by atoms with van der Waals surface area (Å²) in [5.74, 6) is -0.223. The van der Waals surface area contributed by atoms with Crippen molar-refractivity contribution in [3.05, 3.63) is 69.9 Å². The molecule has 3 aromatic rings. The molecule has 1 heterocycles. The molecule has 0 atom stereocenters. The molecule has 2 N–H and O–H groups in total. The summed E-state index contributed by atoms with van der Waals surface area (Å²) in [5.41, 5.74) is 1.79. The zero-order valence-electron chi connectivity index (χ0n) is 14.0. The molecule has 3 rings (SSSR count). The van der Waals surface area contributed by atoms with E-state index in [4.69, 9.17) is 0 Å². The highest BCUT2D eigenvalue weighted by atomic mass is 32.1. The van der Waals surface area contributed by atoms with Crippen molar-refractivity contribution in [3.63, 3.8) is 0 Å². The van der Waals surface area contributed by atoms with E-state index < -0.39 is 0 Å². The first-order valence-corrected chi connectivity index (χ1v) is 9.08. The minimum Gasteiger partial charge on any atom is -0.352 e. The number of aryl methyl sites for hydroxylation is 1. The highest BCUT2D eigenvalue weighted by Crippen LogP contribution is 2.16. The molecule has 0 fully saturated rings. The fraction of sp³-hybridized carbons (Fsp3) is 0.200. The number of carbonyl (C=O) groups is 2. The number of nitrogens with one attached hydrogen (secondary N) is 2. The van der Waals surface area contributed by atoms with Crippen molar-refractivity contribution >= 4 is 33.9 Å². The Kier molecular flexibility index (Phi) is 5.46. The SMILES string of the molecule is Cc1ccsc1CNC(=O)CCNC(=O)c1ccc2ccccc2c1. The first-order chi connectivity index (χ1) is 12.1. The average Bonchev–Trinajstić information content (AvgIpc) is 3.04. The minimum absolute atomic E-state index is 0.0633. The van der Waals surface area contributed by atoms with Gasteiger partial charge in [-0.2, -0.15) is 0 Å². The van der Waals surface area contributed by atoms with Crippen molar-refractivity contribution in [2.24, 2.45) is 0 Å². The minimum atomic E-state index is -0.160. The second kappa shape index (κ2) is 7.94. The van der Waals surface area contributed by atoms with Gasteiger partial charge in [-0.3, -0.25) is 9.59 Å². The van der Waals surface area contributed by atoms with Crippen LogP contribution in [-0.4, -0.2) is 18.4 Å². The van der Waals surface area contributed by atoms with Crippen LogP contribution >= 0.6 is 11.3 Å². The van der Waals surface area contributed by atoms with Crippen molar-refractivity contribution in [2.75, 3.05) is 6.54 Å². The molecule has 0 aliphatic rings. The Hall–Kier alpha value is -2.66. The van der Waals surface area contributed by atoms with Gasteiger partial charge in [0.1, 0.15) is 0 Å². The number of hydrogen-bond acceptors (Lipinski definition) is 3. The van der Waals surface area contributed by atoms with E-state index in [2.05, 4.69) is 10.6 Å². The first kappa shape index (κ1) is 17.2. The van der Waals surface area contributed by atoms with E-state index in [1.165, 1.54) is 5.56 Å². The maximum atomic E-state index is 12.2. The Bertz CT molecular complexity index is 901. The maximum absolute atomic E-state index is 12.2. The zero-order chi connectivity index (χ0) is 17.6. The summed E-state index contributed by atoms with van der Waals surface area (Å²) >= 11 is 1.63. The van der Waals surface area contributed by atoms with Gasteiger partial charge in [-0.05, 0) is 46.8 Å². The number of benzene rings is 2. The van der Waals surface area contributed by atoms with Crippen LogP contribution in [0.4, 0.5) is 0 Å². The van der Waals surface area contributed by atoms with Gasteiger partial charge in [-0.15, -0.1) is 11.3 Å². The highest BCUT2D eigenvalue weighted by molar-refractivity contribution is 7.10. The molecule has 0 saturated heterocycles. The lowest BCUT2D eigenvalue weighted by molar-refractivity contribution is -0.121. The standard InChI is InChI=1S/C20H20N2O2S/c1-14-9-11-25-18(14)13-22-19(23)8-10-21-20(24)17-7-6-15-4-2-3-5-16(15)12-17/h2-7,9,11-12H,8,10,13H2,1H3,(H,21,24)(H,22,23). The van der Waals surface area contributed by atoms with Crippen LogP contribution in [0.2, 0.25) is 0 Å². The summed E-state index contributed by atoms with van der Waals surface area (Å²) in [6.45, 7) is 2.89. The Labute approximate surface area is 150 Å². The van der Waals surface area contributed by atoms with E-state index in [9.17, 15) is 9.59 Å². The molecular weight excluding hydrogens is 332 g/mol. The van der Waals surface area contributed by atoms with Gasteiger partial charge in [0.15, 0.2) is 0 Å². The summed E-state index contributed by atoms with van der Waals surface area (Å²) < 4.78 is 0. The molecule has 0 aliphatic heterocycles. The van der Waals surface area contributed by atoms with Crippen molar-refractivity contribution in [3.8, 4) is 0 Å². The molecule has 5 heteroatoms. The first-order valence-electron chi connectivity index (χ1n) is 8.20. The van der Waals surface area contributed by atoms with Gasteiger partial charge in [-0.1, -0.05) is 30.3 Å². The second-order valence-corrected chi connectivity index (χ2v) is 6.87. The molecule has 0 bridgehead atoms. The van der Waals surface area contributed by atoms with Crippen molar-refractivity contribution in [1.29, 1.82) is 0 Å². The molecule has 128 valence electrons. The third-order valence-corrected chi connectivity index (χ3v) is 5.09. The third kappa shape index (κ3) is 4.45. The number of thiophene rings is 1. The highest BCUT2D eigenvalue weighted by Gasteiger charge is 2.08. The molecule has 1 aromatic heterocycles. The van der Waals surface area contributed by atoms with Crippen LogP contribution in [0.25, 0.3) is 10.8 Å². The summed E-state index contributed by atoms with van der Waals surface area (Å²) in [7, 11) is 0. The van der Waals surface area contributed by atoms with E-state index in [0.29, 0.717) is 18.7 Å². The Morgan fingerprint density at radius 3 is 2.56 bits per heavy atom. The van der Waals surface area contributed by atoms with Gasteiger partial charge in [0, 0.05) is 23.4 Å². The fourth-order valence-electron chi connectivity index (χ4n) is 2.57. The number of hydrogen-bond donors (Lipinski definition) is 2. The van der Waals surface area contributed by atoms with Crippen LogP contribution in [0, 0.1) is 6.92 Å². The van der Waals surface area contributed by atoms with E-state index in [0.717, 1.165) is 15.6 Å². The Morgan fingerprint density at radius 2 is 1.80 bits per heavy atom. The van der Waals surface area contributed by atoms with Gasteiger partial charge < -0.3 is 10.6 Å². The zero-order valence-corrected chi connectivity index (χ0v) is 14.9. The number of fused-ring (bicyclic) bond motifs is 1. The predicted molar refractivity (Wildman–Crippen MR) is 102 cm³/mol. The molecule has 0 unspecified atom stereocenters. The number of amides is 2. The fourth-order valence-corrected chi connectivity index (χ4v) is 3.42. The normalized spacial score (nSPS) is 10.6. The average molecular weight is 352 g/mol. The predicted octanol–water partition coefficient (Wildman–Crippen LogP) is 3.65. The lowest BCUT2D eigenvalue weighted by atomic mass is 10.1. The van der Waals surface area contributed by atoms with Crippen LogP contribution in [-0.2, 0) is 11.3 Å². The van der Waals surface area contributed by atoms with Crippen LogP contribution in [0.15, 0.2) is 53.9 Å². The van der Waals surface area contributed by atoms with Crippen LogP contribution < -0.4 is 10.6 Å². The maximum Gasteiger partial charge on any atom is 0.251 e. The summed E-state index contributed by atoms with van der Waals surface area (Å²) in [4.78, 5) is 25.3. The summed E-state index contributed by atoms with van der Waals surface area (Å²) in [6, 6.07) is 15.5. The van der Waals surface area contributed by atoms with Crippen LogP contribution in [0.3, 0.4) is 0 Å². The van der Waals surface area contributed by atoms with E-state index in [-0.39, 0.29) is 18.2 Å². The van der Waals surface area contributed by atoms with Crippen LogP contribution in [0.1, 0.15) is 27.2 Å². The van der Waals surface area contributed by atoms with Crippen molar-refractivity contribution < 1.29 is 9.59 Å². The molecular formula is C20H20N2O2S. The molecule has 4 nitrogen and oxygen atoms in total. The summed E-state index contributed by atoms with van der Waals surface area (Å²) in [6.07, 6.45) is 0.268. The van der Waals surface area contributed by atoms with Gasteiger partial charge in [-0.25, -0.2) is 0 Å². The summed E-state index contributed by atoms with van der Waals surface area (Å²) in [5, 5.41) is 9.83. The van der Waals surface area contributed by atoms with Crippen LogP contribution in [0.5, 0.6) is 0 Å². The molecule has 2 amide bonds. The van der Waals surface area contributed by atoms with Gasteiger partial charge in [0.05, 0.1) is 6.54 Å². The smallest absolute Gasteiger partial charge is 0.251 e. The number of carbonyl (C=O) groups excluding carboxylic acids is 2. The molecule has 0 aliphatic carbocycles. The van der Waals surface area contributed by atoms with Gasteiger partial charge in [0.25, 0.3) is 5.91 Å². The molecule has 0 saturated carbocycles.